The molecule has 0 bridgehead atoms. The molecule has 1 aromatic carbocycles. The molecule has 1 aliphatic rings. The van der Waals surface area contributed by atoms with Crippen LogP contribution in [0.4, 0.5) is 11.5 Å². The van der Waals surface area contributed by atoms with Gasteiger partial charge in [0.1, 0.15) is 0 Å². The third-order valence-corrected chi connectivity index (χ3v) is 3.97. The van der Waals surface area contributed by atoms with Crippen molar-refractivity contribution in [1.82, 2.24) is 8.75 Å². The number of nitrogens with zero attached hydrogens (tertiary/aromatic N) is 3. The first-order valence-electron chi connectivity index (χ1n) is 7.06. The zero-order valence-corrected chi connectivity index (χ0v) is 13.8. The summed E-state index contributed by atoms with van der Waals surface area (Å²) in [4.78, 5) is 14.0. The first kappa shape index (κ1) is 16.0. The lowest BCUT2D eigenvalue weighted by Gasteiger charge is -2.26. The molecule has 122 valence electrons. The lowest BCUT2D eigenvalue weighted by atomic mass is 10.3. The molecule has 0 radical (unpaired) electrons. The van der Waals surface area contributed by atoms with E-state index in [0.29, 0.717) is 35.6 Å². The highest BCUT2D eigenvalue weighted by atomic mass is 35.5. The molecule has 0 atom stereocenters. The smallest absolute Gasteiger partial charge is 0.271 e. The molecule has 1 aromatic heterocycles. The number of halogens is 1. The van der Waals surface area contributed by atoms with Crippen LogP contribution < -0.4 is 15.0 Å². The van der Waals surface area contributed by atoms with E-state index in [2.05, 4.69) is 14.1 Å². The van der Waals surface area contributed by atoms with Gasteiger partial charge in [0.05, 0.1) is 24.9 Å². The van der Waals surface area contributed by atoms with Crippen LogP contribution in [0, 0.1) is 0 Å². The number of morpholine rings is 1. The van der Waals surface area contributed by atoms with Crippen LogP contribution in [-0.2, 0) is 9.53 Å². The number of amides is 1. The lowest BCUT2D eigenvalue weighted by molar-refractivity contribution is -0.118. The summed E-state index contributed by atoms with van der Waals surface area (Å²) in [6.45, 7) is 2.63. The number of hydrogen-bond donors (Lipinski definition) is 1. The van der Waals surface area contributed by atoms with E-state index >= 15 is 0 Å². The summed E-state index contributed by atoms with van der Waals surface area (Å²) >= 11 is 6.87. The molecule has 0 saturated carbocycles. The molecule has 9 heteroatoms. The fraction of sp³-hybridized carbons (Fsp3) is 0.357. The summed E-state index contributed by atoms with van der Waals surface area (Å²) in [5, 5.41) is 3.34. The quantitative estimate of drug-likeness (QED) is 0.885. The van der Waals surface area contributed by atoms with Crippen molar-refractivity contribution in [2.45, 2.75) is 0 Å². The van der Waals surface area contributed by atoms with Crippen LogP contribution in [0.2, 0.25) is 5.02 Å². The van der Waals surface area contributed by atoms with Crippen molar-refractivity contribution in [1.29, 1.82) is 0 Å². The van der Waals surface area contributed by atoms with Gasteiger partial charge in [0.25, 0.3) is 11.8 Å². The maximum absolute atomic E-state index is 11.9. The fourth-order valence-electron chi connectivity index (χ4n) is 2.10. The third kappa shape index (κ3) is 4.31. The van der Waals surface area contributed by atoms with Gasteiger partial charge < -0.3 is 19.7 Å². The Kier molecular flexibility index (Phi) is 5.27. The number of hydrogen-bond acceptors (Lipinski definition) is 7. The average Bonchev–Trinajstić information content (AvgIpc) is 3.04. The normalized spacial score (nSPS) is 14.6. The average molecular weight is 355 g/mol. The van der Waals surface area contributed by atoms with Gasteiger partial charge in [-0.15, -0.1) is 4.37 Å². The van der Waals surface area contributed by atoms with Crippen LogP contribution in [0.3, 0.4) is 0 Å². The van der Waals surface area contributed by atoms with Crippen LogP contribution in [-0.4, -0.2) is 47.6 Å². The highest BCUT2D eigenvalue weighted by Gasteiger charge is 2.20. The molecule has 0 spiro atoms. The predicted molar refractivity (Wildman–Crippen MR) is 88.5 cm³/mol. The Morgan fingerprint density at radius 2 is 2.04 bits per heavy atom. The molecule has 23 heavy (non-hydrogen) atoms. The van der Waals surface area contributed by atoms with Gasteiger partial charge in [0.2, 0.25) is 5.82 Å². The standard InChI is InChI=1S/C14H15ClN4O3S/c15-10-1-3-11(4-2-10)16-12(20)9-22-14-13(17-23-18-14)19-5-7-21-8-6-19/h1-4H,5-9H2,(H,16,20). The van der Waals surface area contributed by atoms with Crippen LogP contribution in [0.25, 0.3) is 0 Å². The molecule has 1 saturated heterocycles. The van der Waals surface area contributed by atoms with Gasteiger partial charge in [0, 0.05) is 23.8 Å². The van der Waals surface area contributed by atoms with E-state index in [1.807, 2.05) is 4.90 Å². The van der Waals surface area contributed by atoms with Crippen molar-refractivity contribution in [3.63, 3.8) is 0 Å². The summed E-state index contributed by atoms with van der Waals surface area (Å²) in [5.41, 5.74) is 0.660. The van der Waals surface area contributed by atoms with Crippen molar-refractivity contribution < 1.29 is 14.3 Å². The second-order valence-electron chi connectivity index (χ2n) is 4.84. The molecule has 0 aliphatic carbocycles. The van der Waals surface area contributed by atoms with Gasteiger partial charge in [0.15, 0.2) is 6.61 Å². The van der Waals surface area contributed by atoms with Crippen molar-refractivity contribution in [2.24, 2.45) is 0 Å². The number of benzene rings is 1. The maximum Gasteiger partial charge on any atom is 0.271 e. The largest absolute Gasteiger partial charge is 0.464 e. The third-order valence-electron chi connectivity index (χ3n) is 3.22. The molecule has 2 aromatic rings. The number of anilines is 2. The minimum absolute atomic E-state index is 0.134. The lowest BCUT2D eigenvalue weighted by Crippen LogP contribution is -2.36. The summed E-state index contributed by atoms with van der Waals surface area (Å²) < 4.78 is 19.2. The van der Waals surface area contributed by atoms with Crippen LogP contribution in [0.1, 0.15) is 0 Å². The molecule has 0 unspecified atom stereocenters. The van der Waals surface area contributed by atoms with Gasteiger partial charge in [-0.2, -0.15) is 4.37 Å². The predicted octanol–water partition coefficient (Wildman–Crippen LogP) is 2.05. The van der Waals surface area contributed by atoms with Gasteiger partial charge in [-0.3, -0.25) is 4.79 Å². The van der Waals surface area contributed by atoms with E-state index in [4.69, 9.17) is 21.1 Å². The zero-order chi connectivity index (χ0) is 16.1. The fourth-order valence-corrected chi connectivity index (χ4v) is 2.75. The van der Waals surface area contributed by atoms with Gasteiger partial charge in [-0.05, 0) is 24.3 Å². The number of nitrogens with one attached hydrogen (secondary N) is 1. The molecule has 1 fully saturated rings. The Bertz CT molecular complexity index is 658. The summed E-state index contributed by atoms with van der Waals surface area (Å²) in [6.07, 6.45) is 0. The molecule has 3 rings (SSSR count). The molecule has 1 aliphatic heterocycles. The SMILES string of the molecule is O=C(COc1nsnc1N1CCOCC1)Nc1ccc(Cl)cc1. The molecular weight excluding hydrogens is 340 g/mol. The summed E-state index contributed by atoms with van der Waals surface area (Å²) in [6, 6.07) is 6.87. The van der Waals surface area contributed by atoms with Gasteiger partial charge in [-0.25, -0.2) is 0 Å². The first-order chi connectivity index (χ1) is 11.2. The van der Waals surface area contributed by atoms with E-state index in [9.17, 15) is 4.79 Å². The van der Waals surface area contributed by atoms with Crippen molar-refractivity contribution >= 4 is 40.7 Å². The van der Waals surface area contributed by atoms with Crippen molar-refractivity contribution in [2.75, 3.05) is 43.1 Å². The van der Waals surface area contributed by atoms with Crippen molar-refractivity contribution in [3.05, 3.63) is 29.3 Å². The Balaban J connectivity index is 1.55. The maximum atomic E-state index is 11.9. The molecule has 1 N–H and O–H groups in total. The number of carbonyl (C=O) groups excluding carboxylic acids is 1. The van der Waals surface area contributed by atoms with Crippen LogP contribution in [0.5, 0.6) is 5.88 Å². The summed E-state index contributed by atoms with van der Waals surface area (Å²) in [5.74, 6) is 0.772. The van der Waals surface area contributed by atoms with Crippen LogP contribution >= 0.6 is 23.3 Å². The van der Waals surface area contributed by atoms with E-state index in [1.165, 1.54) is 0 Å². The van der Waals surface area contributed by atoms with Gasteiger partial charge >= 0.3 is 0 Å². The minimum Gasteiger partial charge on any atom is -0.464 e. The second kappa shape index (κ2) is 7.58. The van der Waals surface area contributed by atoms with Crippen molar-refractivity contribution in [3.8, 4) is 5.88 Å². The molecule has 7 nitrogen and oxygen atoms in total. The van der Waals surface area contributed by atoms with Gasteiger partial charge in [-0.1, -0.05) is 11.6 Å². The minimum atomic E-state index is -0.270. The Morgan fingerprint density at radius 1 is 1.30 bits per heavy atom. The number of rotatable bonds is 5. The Hall–Kier alpha value is -1.90. The Morgan fingerprint density at radius 3 is 2.78 bits per heavy atom. The van der Waals surface area contributed by atoms with E-state index in [1.54, 1.807) is 24.3 Å². The van der Waals surface area contributed by atoms with E-state index in [-0.39, 0.29) is 12.5 Å². The summed E-state index contributed by atoms with van der Waals surface area (Å²) in [7, 11) is 0. The highest BCUT2D eigenvalue weighted by molar-refractivity contribution is 6.99. The van der Waals surface area contributed by atoms with E-state index in [0.717, 1.165) is 24.8 Å². The number of carbonyl (C=O) groups is 1. The zero-order valence-electron chi connectivity index (χ0n) is 12.2. The number of ether oxygens (including phenoxy) is 2. The topological polar surface area (TPSA) is 76.6 Å². The Labute approximate surface area is 142 Å². The number of aromatic nitrogens is 2. The monoisotopic (exact) mass is 354 g/mol. The molecular formula is C14H15ClN4O3S. The highest BCUT2D eigenvalue weighted by Crippen LogP contribution is 2.26. The first-order valence-corrected chi connectivity index (χ1v) is 8.16. The second-order valence-corrected chi connectivity index (χ2v) is 5.80. The molecule has 1 amide bonds. The molecule has 2 heterocycles. The van der Waals surface area contributed by atoms with Crippen LogP contribution in [0.15, 0.2) is 24.3 Å². The van der Waals surface area contributed by atoms with E-state index < -0.39 is 0 Å².